The van der Waals surface area contributed by atoms with Crippen LogP contribution in [0.25, 0.3) is 21.6 Å². The molecule has 0 atom stereocenters. The number of likely N-dealkylation sites (N-methyl/N-ethyl adjacent to an activating group) is 2. The molecule has 0 aliphatic carbocycles. The van der Waals surface area contributed by atoms with Crippen molar-refractivity contribution >= 4 is 33.7 Å². The number of hydrogen-bond donors (Lipinski definition) is 0. The minimum atomic E-state index is -4.57. The van der Waals surface area contributed by atoms with Crippen molar-refractivity contribution in [2.75, 3.05) is 41.3 Å². The van der Waals surface area contributed by atoms with Gasteiger partial charge in [-0.3, -0.25) is 4.79 Å². The summed E-state index contributed by atoms with van der Waals surface area (Å²) in [6, 6.07) is 3.32. The predicted molar refractivity (Wildman–Crippen MR) is 150 cm³/mol. The first kappa shape index (κ1) is 30.1. The van der Waals surface area contributed by atoms with Gasteiger partial charge in [0.1, 0.15) is 5.76 Å². The van der Waals surface area contributed by atoms with E-state index in [9.17, 15) is 18.0 Å². The van der Waals surface area contributed by atoms with Crippen molar-refractivity contribution in [1.29, 1.82) is 0 Å². The van der Waals surface area contributed by atoms with E-state index in [1.165, 1.54) is 27.0 Å². The second-order valence-corrected chi connectivity index (χ2v) is 10.6. The molecule has 0 unspecified atom stereocenters. The van der Waals surface area contributed by atoms with Crippen LogP contribution in [0.15, 0.2) is 48.8 Å². The van der Waals surface area contributed by atoms with Crippen molar-refractivity contribution in [3.8, 4) is 5.13 Å². The summed E-state index contributed by atoms with van der Waals surface area (Å²) in [4.78, 5) is 22.6. The molecule has 0 N–H and O–H groups in total. The number of allylic oxidation sites excluding steroid dienone is 4. The zero-order valence-electron chi connectivity index (χ0n) is 23.3. The molecule has 0 aliphatic heterocycles. The smallest absolute Gasteiger partial charge is 0.416 e. The number of alkyl halides is 3. The maximum Gasteiger partial charge on any atom is 0.416 e. The van der Waals surface area contributed by atoms with E-state index in [4.69, 9.17) is 9.72 Å². The Morgan fingerprint density at radius 3 is 2.44 bits per heavy atom. The molecular formula is C28H34F3N5O2S. The Labute approximate surface area is 230 Å². The van der Waals surface area contributed by atoms with Crippen molar-refractivity contribution in [2.45, 2.75) is 32.9 Å². The van der Waals surface area contributed by atoms with Crippen LogP contribution in [-0.2, 0) is 10.9 Å². The number of ether oxygens (including phenoxy) is 1. The molecule has 7 nitrogen and oxygen atoms in total. The van der Waals surface area contributed by atoms with E-state index >= 15 is 0 Å². The van der Waals surface area contributed by atoms with Gasteiger partial charge < -0.3 is 14.5 Å². The third-order valence-electron chi connectivity index (χ3n) is 6.11. The van der Waals surface area contributed by atoms with Gasteiger partial charge in [-0.25, -0.2) is 9.67 Å². The van der Waals surface area contributed by atoms with Gasteiger partial charge in [0.25, 0.3) is 5.91 Å². The topological polar surface area (TPSA) is 63.5 Å². The Bertz CT molecular complexity index is 1420. The summed E-state index contributed by atoms with van der Waals surface area (Å²) in [6.45, 7) is 10.7. The number of halogens is 3. The van der Waals surface area contributed by atoms with Crippen LogP contribution in [0.5, 0.6) is 0 Å². The van der Waals surface area contributed by atoms with E-state index < -0.39 is 17.6 Å². The molecule has 2 heterocycles. The Balaban J connectivity index is 2.24. The summed E-state index contributed by atoms with van der Waals surface area (Å²) in [5.74, 6) is 0.194. The number of fused-ring (bicyclic) bond motifs is 1. The van der Waals surface area contributed by atoms with Crippen molar-refractivity contribution in [3.63, 3.8) is 0 Å². The highest BCUT2D eigenvalue weighted by atomic mass is 32.1. The number of carbonyl (C=O) groups is 1. The molecule has 0 spiro atoms. The number of methoxy groups -OCH3 is 1. The standard InChI is InChI=1S/C28H34F3N5O2S/c1-9-18(15-20(10-2)38-8)23-25(17(3)4)39-27(32-23)36-22-12-11-19(28(29,30)31)16-21(22)24(33-36)26(37)35(7)14-13-34(5)6/h9-12,15-17H,2,13-14H2,1,3-8H3/b18-9+,20-15+. The van der Waals surface area contributed by atoms with E-state index in [0.717, 1.165) is 22.6 Å². The van der Waals surface area contributed by atoms with Crippen molar-refractivity contribution in [3.05, 3.63) is 70.6 Å². The highest BCUT2D eigenvalue weighted by molar-refractivity contribution is 7.14. The number of aromatic nitrogens is 3. The molecule has 0 bridgehead atoms. The average Bonchev–Trinajstić information content (AvgIpc) is 3.49. The fraction of sp³-hybridized carbons (Fsp3) is 0.393. The summed E-state index contributed by atoms with van der Waals surface area (Å²) in [7, 11) is 6.92. The lowest BCUT2D eigenvalue weighted by Gasteiger charge is -2.18. The second kappa shape index (κ2) is 12.2. The highest BCUT2D eigenvalue weighted by Crippen LogP contribution is 2.37. The lowest BCUT2D eigenvalue weighted by molar-refractivity contribution is -0.137. The van der Waals surface area contributed by atoms with Gasteiger partial charge in [0.15, 0.2) is 5.69 Å². The Kier molecular flexibility index (Phi) is 9.39. The summed E-state index contributed by atoms with van der Waals surface area (Å²) in [6.07, 6.45) is 0.752. The summed E-state index contributed by atoms with van der Waals surface area (Å²) in [5.41, 5.74) is 0.966. The first-order valence-corrected chi connectivity index (χ1v) is 13.2. The quantitative estimate of drug-likeness (QED) is 0.212. The van der Waals surface area contributed by atoms with Gasteiger partial charge in [0, 0.05) is 36.0 Å². The Morgan fingerprint density at radius 2 is 1.90 bits per heavy atom. The van der Waals surface area contributed by atoms with Crippen LogP contribution < -0.4 is 0 Å². The van der Waals surface area contributed by atoms with Crippen molar-refractivity contribution in [2.24, 2.45) is 0 Å². The molecule has 1 amide bonds. The zero-order chi connectivity index (χ0) is 29.1. The van der Waals surface area contributed by atoms with Gasteiger partial charge >= 0.3 is 6.18 Å². The normalized spacial score (nSPS) is 13.0. The van der Waals surface area contributed by atoms with Gasteiger partial charge in [-0.15, -0.1) is 0 Å². The minimum Gasteiger partial charge on any atom is -0.497 e. The molecular weight excluding hydrogens is 527 g/mol. The second-order valence-electron chi connectivity index (χ2n) is 9.58. The maximum absolute atomic E-state index is 13.6. The number of benzene rings is 1. The molecule has 0 radical (unpaired) electrons. The van der Waals surface area contributed by atoms with Gasteiger partial charge in [-0.05, 0) is 57.3 Å². The first-order valence-electron chi connectivity index (χ1n) is 12.4. The van der Waals surface area contributed by atoms with Crippen LogP contribution in [0.1, 0.15) is 53.3 Å². The van der Waals surface area contributed by atoms with E-state index in [1.54, 1.807) is 20.2 Å². The van der Waals surface area contributed by atoms with Crippen molar-refractivity contribution < 1.29 is 22.7 Å². The van der Waals surface area contributed by atoms with Crippen LogP contribution in [0.2, 0.25) is 0 Å². The van der Waals surface area contributed by atoms with Gasteiger partial charge in [-0.1, -0.05) is 37.8 Å². The molecule has 39 heavy (non-hydrogen) atoms. The lowest BCUT2D eigenvalue weighted by Crippen LogP contribution is -2.33. The molecule has 2 aromatic heterocycles. The van der Waals surface area contributed by atoms with E-state index in [1.807, 2.05) is 51.9 Å². The summed E-state index contributed by atoms with van der Waals surface area (Å²) >= 11 is 1.38. The number of rotatable bonds is 10. The molecule has 0 aliphatic rings. The fourth-order valence-electron chi connectivity index (χ4n) is 3.88. The maximum atomic E-state index is 13.6. The molecule has 3 aromatic rings. The van der Waals surface area contributed by atoms with Crippen molar-refractivity contribution in [1.82, 2.24) is 24.6 Å². The monoisotopic (exact) mass is 561 g/mol. The third-order valence-corrected chi connectivity index (χ3v) is 7.44. The minimum absolute atomic E-state index is 0.0558. The van der Waals surface area contributed by atoms with Crippen LogP contribution in [-0.4, -0.2) is 71.8 Å². The molecule has 3 rings (SSSR count). The summed E-state index contributed by atoms with van der Waals surface area (Å²) in [5, 5.41) is 5.10. The average molecular weight is 562 g/mol. The molecule has 210 valence electrons. The SMILES string of the molecule is C=C/C(=C\C(=C/C)c1nc(-n2nc(C(=O)N(C)CCN(C)C)c3cc(C(F)(F)F)ccc32)sc1C(C)C)OC. The van der Waals surface area contributed by atoms with Crippen LogP contribution >= 0.6 is 11.3 Å². The molecule has 0 fully saturated rings. The molecule has 11 heteroatoms. The zero-order valence-corrected chi connectivity index (χ0v) is 24.1. The van der Waals surface area contributed by atoms with Crippen LogP contribution in [0.3, 0.4) is 0 Å². The Hall–Kier alpha value is -3.44. The Morgan fingerprint density at radius 1 is 1.21 bits per heavy atom. The van der Waals surface area contributed by atoms with E-state index in [0.29, 0.717) is 35.2 Å². The molecule has 0 saturated heterocycles. The number of carbonyl (C=O) groups excluding carboxylic acids is 1. The predicted octanol–water partition coefficient (Wildman–Crippen LogP) is 6.38. The number of hydrogen-bond acceptors (Lipinski definition) is 6. The van der Waals surface area contributed by atoms with Gasteiger partial charge in [0.05, 0.1) is 23.9 Å². The van der Waals surface area contributed by atoms with Crippen LogP contribution in [0.4, 0.5) is 13.2 Å². The number of thiazole rings is 1. The number of amides is 1. The fourth-order valence-corrected chi connectivity index (χ4v) is 4.94. The third kappa shape index (κ3) is 6.59. The number of nitrogens with zero attached hydrogens (tertiary/aromatic N) is 5. The lowest BCUT2D eigenvalue weighted by atomic mass is 10.0. The first-order chi connectivity index (χ1) is 18.3. The van der Waals surface area contributed by atoms with Gasteiger partial charge in [0.2, 0.25) is 5.13 Å². The van der Waals surface area contributed by atoms with Crippen LogP contribution in [0, 0.1) is 0 Å². The largest absolute Gasteiger partial charge is 0.497 e. The van der Waals surface area contributed by atoms with Gasteiger partial charge in [-0.2, -0.15) is 18.3 Å². The molecule has 0 saturated carbocycles. The van der Waals surface area contributed by atoms with E-state index in [2.05, 4.69) is 11.7 Å². The highest BCUT2D eigenvalue weighted by Gasteiger charge is 2.32. The summed E-state index contributed by atoms with van der Waals surface area (Å²) < 4.78 is 47.7. The van der Waals surface area contributed by atoms with E-state index in [-0.39, 0.29) is 17.0 Å². The molecule has 1 aromatic carbocycles.